The Morgan fingerprint density at radius 3 is 2.95 bits per heavy atom. The van der Waals surface area contributed by atoms with Crippen LogP contribution in [0.25, 0.3) is 21.9 Å². The molecular weight excluding hydrogens is 304 g/mol. The molecule has 22 heavy (non-hydrogen) atoms. The number of phenolic OH excluding ortho intramolecular Hbond substituents is 1. The highest BCUT2D eigenvalue weighted by Gasteiger charge is 2.22. The van der Waals surface area contributed by atoms with Crippen molar-refractivity contribution in [3.63, 3.8) is 0 Å². The number of aliphatic hydroxyl groups excluding tert-OH is 1. The predicted octanol–water partition coefficient (Wildman–Crippen LogP) is 2.20. The number of aromatic amines is 1. The summed E-state index contributed by atoms with van der Waals surface area (Å²) in [5, 5.41) is 21.4. The minimum atomic E-state index is -0.317. The lowest BCUT2D eigenvalue weighted by molar-refractivity contribution is 0.154. The minimum absolute atomic E-state index is 0. The summed E-state index contributed by atoms with van der Waals surface area (Å²) in [6, 6.07) is 5.21. The summed E-state index contributed by atoms with van der Waals surface area (Å²) in [5.74, 6) is 1.03. The fourth-order valence-corrected chi connectivity index (χ4v) is 3.08. The first-order valence-corrected chi connectivity index (χ1v) is 7.11. The molecule has 1 aliphatic heterocycles. The number of hydrogen-bond acceptors (Lipinski definition) is 5. The number of nitrogens with zero attached hydrogens (tertiary/aromatic N) is 3. The Balaban J connectivity index is 0.00000144. The lowest BCUT2D eigenvalue weighted by atomic mass is 10.1. The Kier molecular flexibility index (Phi) is 3.80. The van der Waals surface area contributed by atoms with Gasteiger partial charge in [-0.1, -0.05) is 0 Å². The van der Waals surface area contributed by atoms with Gasteiger partial charge in [-0.3, -0.25) is 0 Å². The second kappa shape index (κ2) is 5.62. The van der Waals surface area contributed by atoms with Gasteiger partial charge in [0.2, 0.25) is 0 Å². The molecule has 0 amide bonds. The number of aliphatic hydroxyl groups is 1. The molecule has 116 valence electrons. The summed E-state index contributed by atoms with van der Waals surface area (Å²) in [7, 11) is 0. The number of H-pyrrole nitrogens is 1. The van der Waals surface area contributed by atoms with Crippen LogP contribution in [0.1, 0.15) is 12.8 Å². The van der Waals surface area contributed by atoms with Crippen molar-refractivity contribution in [3.05, 3.63) is 24.5 Å². The summed E-state index contributed by atoms with van der Waals surface area (Å²) >= 11 is 0. The number of anilines is 1. The average molecular weight is 321 g/mol. The molecular formula is C15H17ClN4O2. The first-order chi connectivity index (χ1) is 10.2. The van der Waals surface area contributed by atoms with Gasteiger partial charge in [0.05, 0.1) is 11.5 Å². The Bertz CT molecular complexity index is 820. The number of nitrogens with one attached hydrogen (secondary N) is 1. The van der Waals surface area contributed by atoms with Crippen LogP contribution >= 0.6 is 12.4 Å². The summed E-state index contributed by atoms with van der Waals surface area (Å²) in [4.78, 5) is 14.0. The third-order valence-corrected chi connectivity index (χ3v) is 4.05. The second-order valence-corrected chi connectivity index (χ2v) is 5.52. The van der Waals surface area contributed by atoms with Gasteiger partial charge in [-0.25, -0.2) is 9.97 Å². The first-order valence-electron chi connectivity index (χ1n) is 7.11. The standard InChI is InChI=1S/C15H16N4O2.ClH/c20-9-3-4-12-11(6-9)13-14(18-12)16-8-17-15(13)19-5-1-2-10(21)7-19;/h3-4,6,8,10,20-21H,1-2,5,7H2,(H,16,17,18);1H. The number of aromatic hydroxyl groups is 1. The first kappa shape index (κ1) is 14.9. The lowest BCUT2D eigenvalue weighted by Gasteiger charge is -2.31. The topological polar surface area (TPSA) is 85.3 Å². The van der Waals surface area contributed by atoms with Gasteiger partial charge in [0, 0.05) is 24.0 Å². The van der Waals surface area contributed by atoms with Crippen LogP contribution in [0, 0.1) is 0 Å². The number of halogens is 1. The normalized spacial score (nSPS) is 18.6. The number of rotatable bonds is 1. The molecule has 0 spiro atoms. The van der Waals surface area contributed by atoms with Crippen LogP contribution in [-0.2, 0) is 0 Å². The van der Waals surface area contributed by atoms with E-state index in [-0.39, 0.29) is 24.3 Å². The van der Waals surface area contributed by atoms with Gasteiger partial charge in [-0.05, 0) is 31.0 Å². The zero-order valence-electron chi connectivity index (χ0n) is 11.9. The Labute approximate surface area is 133 Å². The van der Waals surface area contributed by atoms with Crippen LogP contribution in [0.15, 0.2) is 24.5 Å². The van der Waals surface area contributed by atoms with Gasteiger partial charge in [0.15, 0.2) is 0 Å². The van der Waals surface area contributed by atoms with Crippen LogP contribution in [0.3, 0.4) is 0 Å². The molecule has 6 nitrogen and oxygen atoms in total. The molecule has 1 aromatic carbocycles. The summed E-state index contributed by atoms with van der Waals surface area (Å²) in [6.45, 7) is 1.45. The Hall–Kier alpha value is -2.05. The van der Waals surface area contributed by atoms with E-state index in [1.54, 1.807) is 12.1 Å². The highest BCUT2D eigenvalue weighted by molar-refractivity contribution is 6.11. The van der Waals surface area contributed by atoms with E-state index in [4.69, 9.17) is 0 Å². The fraction of sp³-hybridized carbons (Fsp3) is 0.333. The van der Waals surface area contributed by atoms with Gasteiger partial charge >= 0.3 is 0 Å². The molecule has 0 saturated carbocycles. The van der Waals surface area contributed by atoms with Crippen molar-refractivity contribution in [1.29, 1.82) is 0 Å². The molecule has 1 fully saturated rings. The molecule has 2 aromatic heterocycles. The quantitative estimate of drug-likeness (QED) is 0.640. The van der Waals surface area contributed by atoms with E-state index in [1.807, 2.05) is 6.07 Å². The van der Waals surface area contributed by atoms with Crippen molar-refractivity contribution in [2.24, 2.45) is 0 Å². The summed E-state index contributed by atoms with van der Waals surface area (Å²) < 4.78 is 0. The number of aromatic nitrogens is 3. The highest BCUT2D eigenvalue weighted by atomic mass is 35.5. The molecule has 7 heteroatoms. The van der Waals surface area contributed by atoms with E-state index in [2.05, 4.69) is 19.9 Å². The maximum Gasteiger partial charge on any atom is 0.143 e. The van der Waals surface area contributed by atoms with Crippen molar-refractivity contribution in [2.45, 2.75) is 18.9 Å². The monoisotopic (exact) mass is 320 g/mol. The van der Waals surface area contributed by atoms with E-state index < -0.39 is 0 Å². The molecule has 3 N–H and O–H groups in total. The van der Waals surface area contributed by atoms with Crippen molar-refractivity contribution in [2.75, 3.05) is 18.0 Å². The molecule has 1 atom stereocenters. The van der Waals surface area contributed by atoms with Crippen molar-refractivity contribution < 1.29 is 10.2 Å². The third-order valence-electron chi connectivity index (χ3n) is 4.05. The molecule has 0 bridgehead atoms. The predicted molar refractivity (Wildman–Crippen MR) is 87.8 cm³/mol. The molecule has 0 radical (unpaired) electrons. The van der Waals surface area contributed by atoms with Gasteiger partial charge in [-0.2, -0.15) is 0 Å². The number of benzene rings is 1. The Morgan fingerprint density at radius 2 is 2.14 bits per heavy atom. The minimum Gasteiger partial charge on any atom is -0.508 e. The largest absolute Gasteiger partial charge is 0.508 e. The van der Waals surface area contributed by atoms with E-state index in [1.165, 1.54) is 6.33 Å². The van der Waals surface area contributed by atoms with Gasteiger partial charge < -0.3 is 20.1 Å². The van der Waals surface area contributed by atoms with Gasteiger partial charge in [-0.15, -0.1) is 12.4 Å². The third kappa shape index (κ3) is 2.34. The number of phenols is 1. The van der Waals surface area contributed by atoms with Crippen LogP contribution in [0.4, 0.5) is 5.82 Å². The maximum absolute atomic E-state index is 9.89. The summed E-state index contributed by atoms with van der Waals surface area (Å²) in [5.41, 5.74) is 1.67. The van der Waals surface area contributed by atoms with Gasteiger partial charge in [0.25, 0.3) is 0 Å². The van der Waals surface area contributed by atoms with E-state index in [0.717, 1.165) is 47.1 Å². The summed E-state index contributed by atoms with van der Waals surface area (Å²) in [6.07, 6.45) is 3.00. The maximum atomic E-state index is 9.89. The van der Waals surface area contributed by atoms with Crippen molar-refractivity contribution in [3.8, 4) is 5.75 Å². The molecule has 3 aromatic rings. The lowest BCUT2D eigenvalue weighted by Crippen LogP contribution is -2.38. The van der Waals surface area contributed by atoms with E-state index in [9.17, 15) is 10.2 Å². The number of hydrogen-bond donors (Lipinski definition) is 3. The molecule has 1 aliphatic rings. The van der Waals surface area contributed by atoms with E-state index >= 15 is 0 Å². The van der Waals surface area contributed by atoms with Crippen LogP contribution in [0.2, 0.25) is 0 Å². The van der Waals surface area contributed by atoms with E-state index in [0.29, 0.717) is 6.54 Å². The van der Waals surface area contributed by atoms with Crippen LogP contribution in [-0.4, -0.2) is 44.4 Å². The molecule has 1 unspecified atom stereocenters. The number of β-amino-alcohol motifs (C(OH)–C–C–N with tert-alkyl or cyclic N) is 1. The molecule has 0 aliphatic carbocycles. The number of fused-ring (bicyclic) bond motifs is 3. The van der Waals surface area contributed by atoms with Gasteiger partial charge in [0.1, 0.15) is 23.5 Å². The molecule has 1 saturated heterocycles. The average Bonchev–Trinajstić information content (AvgIpc) is 2.85. The Morgan fingerprint density at radius 1 is 1.27 bits per heavy atom. The smallest absolute Gasteiger partial charge is 0.143 e. The van der Waals surface area contributed by atoms with Crippen LogP contribution < -0.4 is 4.90 Å². The fourth-order valence-electron chi connectivity index (χ4n) is 3.08. The zero-order valence-corrected chi connectivity index (χ0v) is 12.7. The molecule has 4 rings (SSSR count). The molecule has 3 heterocycles. The highest BCUT2D eigenvalue weighted by Crippen LogP contribution is 2.33. The van der Waals surface area contributed by atoms with Crippen molar-refractivity contribution in [1.82, 2.24) is 15.0 Å². The SMILES string of the molecule is Cl.Oc1ccc2[nH]c3ncnc(N4CCCC(O)C4)c3c2c1. The zero-order chi connectivity index (χ0) is 14.4. The second-order valence-electron chi connectivity index (χ2n) is 5.52. The number of piperidine rings is 1. The van der Waals surface area contributed by atoms with Crippen molar-refractivity contribution >= 4 is 40.2 Å². The van der Waals surface area contributed by atoms with Crippen LogP contribution in [0.5, 0.6) is 5.75 Å².